The van der Waals surface area contributed by atoms with Crippen molar-refractivity contribution < 1.29 is 18.3 Å². The lowest BCUT2D eigenvalue weighted by molar-refractivity contribution is -0.173. The van der Waals surface area contributed by atoms with Crippen molar-refractivity contribution in [2.45, 2.75) is 43.4 Å². The molecule has 1 saturated heterocycles. The molecule has 0 radical (unpaired) electrons. The van der Waals surface area contributed by atoms with Crippen LogP contribution in [0.15, 0.2) is 0 Å². The van der Waals surface area contributed by atoms with E-state index in [1.54, 1.807) is 12.8 Å². The third-order valence-electron chi connectivity index (χ3n) is 1.91. The Kier molecular flexibility index (Phi) is 4.97. The first kappa shape index (κ1) is 12.9. The van der Waals surface area contributed by atoms with Gasteiger partial charge in [-0.25, -0.2) is 0 Å². The van der Waals surface area contributed by atoms with Gasteiger partial charge in [-0.1, -0.05) is 5.92 Å². The highest BCUT2D eigenvalue weighted by molar-refractivity contribution is 9.10. The first-order valence-corrected chi connectivity index (χ1v) is 5.63. The molecule has 1 unspecified atom stereocenters. The summed E-state index contributed by atoms with van der Waals surface area (Å²) in [5.74, 6) is 4.08. The molecular weight excluding hydrogens is 270 g/mol. The number of halogens is 3. The summed E-state index contributed by atoms with van der Waals surface area (Å²) in [7, 11) is 0. The molecule has 0 amide bonds. The van der Waals surface area contributed by atoms with E-state index in [0.29, 0.717) is 6.61 Å². The molecule has 5 heteroatoms. The topological polar surface area (TPSA) is 18.5 Å². The number of hydrogen-bond donors (Lipinski definition) is 0. The number of hydrogen-bond acceptors (Lipinski definition) is 2. The Morgan fingerprint density at radius 2 is 2.27 bits per heavy atom. The normalized spacial score (nSPS) is 24.1. The van der Waals surface area contributed by atoms with Gasteiger partial charge in [-0.2, -0.15) is 8.78 Å². The Balaban J connectivity index is 2.33. The first-order chi connectivity index (χ1) is 6.97. The Morgan fingerprint density at radius 3 is 2.80 bits per heavy atom. The Hall–Kier alpha value is -0.180. The van der Waals surface area contributed by atoms with Crippen LogP contribution in [0.4, 0.5) is 8.78 Å². The van der Waals surface area contributed by atoms with Crippen LogP contribution in [0.5, 0.6) is 0 Å². The summed E-state index contributed by atoms with van der Waals surface area (Å²) >= 11 is 2.14. The standard InChI is InChI=1S/C10H13BrF2O2/c1-8(5-6-10(11,12)13)15-9-4-2-3-7-14-9/h8-9H,2-4,7H2,1H3/t8-,9?/m0/s1. The fourth-order valence-corrected chi connectivity index (χ4v) is 1.38. The highest BCUT2D eigenvalue weighted by Crippen LogP contribution is 2.20. The Bertz CT molecular complexity index is 248. The average Bonchev–Trinajstić information content (AvgIpc) is 2.15. The van der Waals surface area contributed by atoms with E-state index >= 15 is 0 Å². The molecule has 15 heavy (non-hydrogen) atoms. The van der Waals surface area contributed by atoms with Gasteiger partial charge < -0.3 is 9.47 Å². The first-order valence-electron chi connectivity index (χ1n) is 4.84. The molecule has 0 N–H and O–H groups in total. The summed E-state index contributed by atoms with van der Waals surface area (Å²) in [5.41, 5.74) is 0. The summed E-state index contributed by atoms with van der Waals surface area (Å²) in [4.78, 5) is -3.14. The van der Waals surface area contributed by atoms with Gasteiger partial charge >= 0.3 is 4.83 Å². The fourth-order valence-electron chi connectivity index (χ4n) is 1.26. The van der Waals surface area contributed by atoms with Crippen molar-refractivity contribution in [3.8, 4) is 11.8 Å². The zero-order valence-corrected chi connectivity index (χ0v) is 10.0. The van der Waals surface area contributed by atoms with Crippen LogP contribution in [0.25, 0.3) is 0 Å². The minimum atomic E-state index is -3.14. The second kappa shape index (κ2) is 5.78. The SMILES string of the molecule is C[C@@H](C#CC(F)(F)Br)OC1CCCCO1. The van der Waals surface area contributed by atoms with Crippen LogP contribution >= 0.6 is 15.9 Å². The van der Waals surface area contributed by atoms with Crippen LogP contribution in [-0.4, -0.2) is 23.8 Å². The second-order valence-corrected chi connectivity index (χ2v) is 4.34. The van der Waals surface area contributed by atoms with E-state index < -0.39 is 10.9 Å². The van der Waals surface area contributed by atoms with Crippen LogP contribution in [0.1, 0.15) is 26.2 Å². The van der Waals surface area contributed by atoms with Crippen LogP contribution in [-0.2, 0) is 9.47 Å². The van der Waals surface area contributed by atoms with Crippen molar-refractivity contribution in [1.29, 1.82) is 0 Å². The number of alkyl halides is 3. The lowest BCUT2D eigenvalue weighted by atomic mass is 10.2. The molecule has 1 aliphatic rings. The van der Waals surface area contributed by atoms with Gasteiger partial charge in [-0.3, -0.25) is 0 Å². The van der Waals surface area contributed by atoms with Gasteiger partial charge in [0.2, 0.25) is 0 Å². The third kappa shape index (κ3) is 6.08. The lowest BCUT2D eigenvalue weighted by Gasteiger charge is -2.24. The monoisotopic (exact) mass is 282 g/mol. The zero-order valence-electron chi connectivity index (χ0n) is 8.43. The second-order valence-electron chi connectivity index (χ2n) is 3.34. The van der Waals surface area contributed by atoms with E-state index in [9.17, 15) is 8.78 Å². The van der Waals surface area contributed by atoms with Crippen molar-refractivity contribution in [2.24, 2.45) is 0 Å². The van der Waals surface area contributed by atoms with Gasteiger partial charge in [-0.05, 0) is 32.1 Å². The molecule has 0 saturated carbocycles. The van der Waals surface area contributed by atoms with Crippen molar-refractivity contribution >= 4 is 15.9 Å². The van der Waals surface area contributed by atoms with E-state index in [0.717, 1.165) is 19.3 Å². The van der Waals surface area contributed by atoms with Crippen molar-refractivity contribution in [1.82, 2.24) is 0 Å². The molecule has 1 fully saturated rings. The minimum Gasteiger partial charge on any atom is -0.353 e. The maximum Gasteiger partial charge on any atom is 0.363 e. The van der Waals surface area contributed by atoms with Crippen LogP contribution < -0.4 is 0 Å². The maximum absolute atomic E-state index is 12.3. The van der Waals surface area contributed by atoms with E-state index in [-0.39, 0.29) is 6.29 Å². The van der Waals surface area contributed by atoms with E-state index in [1.165, 1.54) is 0 Å². The van der Waals surface area contributed by atoms with Crippen molar-refractivity contribution in [3.63, 3.8) is 0 Å². The van der Waals surface area contributed by atoms with E-state index in [2.05, 4.69) is 21.9 Å². The summed E-state index contributed by atoms with van der Waals surface area (Å²) in [6.45, 7) is 2.29. The van der Waals surface area contributed by atoms with E-state index in [1.807, 2.05) is 0 Å². The highest BCUT2D eigenvalue weighted by atomic mass is 79.9. The van der Waals surface area contributed by atoms with Crippen LogP contribution in [0.3, 0.4) is 0 Å². The predicted octanol–water partition coefficient (Wildman–Crippen LogP) is 2.91. The van der Waals surface area contributed by atoms with Gasteiger partial charge in [0.15, 0.2) is 6.29 Å². The maximum atomic E-state index is 12.3. The van der Waals surface area contributed by atoms with Crippen molar-refractivity contribution in [3.05, 3.63) is 0 Å². The van der Waals surface area contributed by atoms with Gasteiger partial charge in [0.25, 0.3) is 0 Å². The van der Waals surface area contributed by atoms with E-state index in [4.69, 9.17) is 9.47 Å². The molecule has 0 aromatic rings. The molecule has 0 bridgehead atoms. The molecule has 1 rings (SSSR count). The quantitative estimate of drug-likeness (QED) is 0.573. The van der Waals surface area contributed by atoms with Gasteiger partial charge in [0.1, 0.15) is 6.10 Å². The highest BCUT2D eigenvalue weighted by Gasteiger charge is 2.20. The van der Waals surface area contributed by atoms with Gasteiger partial charge in [0, 0.05) is 22.5 Å². The molecule has 1 aliphatic heterocycles. The molecule has 2 nitrogen and oxygen atoms in total. The summed E-state index contributed by atoms with van der Waals surface area (Å²) in [6.07, 6.45) is 2.03. The summed E-state index contributed by atoms with van der Waals surface area (Å²) in [5, 5.41) is 0. The van der Waals surface area contributed by atoms with Crippen molar-refractivity contribution in [2.75, 3.05) is 6.61 Å². The number of ether oxygens (including phenoxy) is 2. The molecular formula is C10H13BrF2O2. The number of rotatable bonds is 2. The molecule has 0 spiro atoms. The minimum absolute atomic E-state index is 0.299. The van der Waals surface area contributed by atoms with Crippen LogP contribution in [0.2, 0.25) is 0 Å². The lowest BCUT2D eigenvalue weighted by Crippen LogP contribution is -2.26. The predicted molar refractivity (Wildman–Crippen MR) is 55.8 cm³/mol. The van der Waals surface area contributed by atoms with Gasteiger partial charge in [0.05, 0.1) is 0 Å². The van der Waals surface area contributed by atoms with Crippen LogP contribution in [0, 0.1) is 11.8 Å². The Morgan fingerprint density at radius 1 is 1.53 bits per heavy atom. The van der Waals surface area contributed by atoms with Gasteiger partial charge in [-0.15, -0.1) is 0 Å². The molecule has 86 valence electrons. The Labute approximate surface area is 96.4 Å². The molecule has 0 aliphatic carbocycles. The molecule has 1 heterocycles. The largest absolute Gasteiger partial charge is 0.363 e. The third-order valence-corrected chi connectivity index (χ3v) is 2.11. The summed E-state index contributed by atoms with van der Waals surface area (Å²) < 4.78 is 35.3. The smallest absolute Gasteiger partial charge is 0.353 e. The average molecular weight is 283 g/mol. The zero-order chi connectivity index (χ0) is 11.3. The molecule has 0 aromatic carbocycles. The molecule has 0 aromatic heterocycles. The fraction of sp³-hybridized carbons (Fsp3) is 0.800. The molecule has 2 atom stereocenters. The summed E-state index contributed by atoms with van der Waals surface area (Å²) in [6, 6.07) is 0.